The highest BCUT2D eigenvalue weighted by atomic mass is 16.5. The first kappa shape index (κ1) is 17.8. The van der Waals surface area contributed by atoms with Crippen molar-refractivity contribution in [1.29, 1.82) is 5.26 Å². The number of rotatable bonds is 6. The van der Waals surface area contributed by atoms with Crippen LogP contribution in [0.5, 0.6) is 0 Å². The molecule has 0 bridgehead atoms. The van der Waals surface area contributed by atoms with Crippen LogP contribution in [-0.4, -0.2) is 27.8 Å². The van der Waals surface area contributed by atoms with E-state index in [4.69, 9.17) is 10.00 Å². The Morgan fingerprint density at radius 1 is 1.15 bits per heavy atom. The van der Waals surface area contributed by atoms with E-state index >= 15 is 0 Å². The maximum absolute atomic E-state index is 12.1. The van der Waals surface area contributed by atoms with Crippen LogP contribution in [0.15, 0.2) is 54.7 Å². The number of hydrogen-bond acceptors (Lipinski definition) is 8. The van der Waals surface area contributed by atoms with Crippen LogP contribution in [0.1, 0.15) is 22.8 Å². The van der Waals surface area contributed by atoms with E-state index in [1.165, 1.54) is 6.20 Å². The molecule has 0 aliphatic heterocycles. The highest BCUT2D eigenvalue weighted by Crippen LogP contribution is 2.21. The fourth-order valence-corrected chi connectivity index (χ4v) is 2.29. The molecule has 0 unspecified atom stereocenters. The van der Waals surface area contributed by atoms with E-state index in [0.29, 0.717) is 29.2 Å². The third-order valence-electron chi connectivity index (χ3n) is 3.51. The Hall–Kier alpha value is -3.99. The zero-order valence-corrected chi connectivity index (χ0v) is 14.5. The molecule has 0 aliphatic rings. The molecular formula is C19H16N6O2. The molecule has 0 saturated heterocycles. The van der Waals surface area contributed by atoms with Crippen LogP contribution in [-0.2, 0) is 4.74 Å². The first-order chi connectivity index (χ1) is 13.2. The molecule has 8 heteroatoms. The quantitative estimate of drug-likeness (QED) is 0.643. The van der Waals surface area contributed by atoms with Gasteiger partial charge in [0.05, 0.1) is 35.7 Å². The van der Waals surface area contributed by atoms with Crippen LogP contribution in [0.4, 0.5) is 23.1 Å². The molecule has 0 amide bonds. The van der Waals surface area contributed by atoms with Crippen molar-refractivity contribution in [2.24, 2.45) is 0 Å². The minimum absolute atomic E-state index is 0.276. The molecule has 0 radical (unpaired) electrons. The molecule has 0 saturated carbocycles. The predicted molar refractivity (Wildman–Crippen MR) is 99.9 cm³/mol. The van der Waals surface area contributed by atoms with Crippen molar-refractivity contribution in [3.63, 3.8) is 0 Å². The molecule has 1 aromatic heterocycles. The van der Waals surface area contributed by atoms with E-state index in [1.807, 2.05) is 0 Å². The molecule has 0 aliphatic carbocycles. The number of benzene rings is 2. The van der Waals surface area contributed by atoms with E-state index in [1.54, 1.807) is 55.5 Å². The maximum Gasteiger partial charge on any atom is 0.340 e. The number of para-hydroxylation sites is 1. The third-order valence-corrected chi connectivity index (χ3v) is 3.51. The first-order valence-electron chi connectivity index (χ1n) is 8.19. The average Bonchev–Trinajstić information content (AvgIpc) is 2.69. The van der Waals surface area contributed by atoms with Gasteiger partial charge >= 0.3 is 5.97 Å². The Bertz CT molecular complexity index is 982. The van der Waals surface area contributed by atoms with Crippen LogP contribution < -0.4 is 10.6 Å². The molecule has 134 valence electrons. The van der Waals surface area contributed by atoms with Gasteiger partial charge in [-0.25, -0.2) is 4.79 Å². The van der Waals surface area contributed by atoms with Gasteiger partial charge < -0.3 is 15.4 Å². The molecule has 27 heavy (non-hydrogen) atoms. The molecule has 8 nitrogen and oxygen atoms in total. The average molecular weight is 360 g/mol. The van der Waals surface area contributed by atoms with E-state index in [0.717, 1.165) is 5.69 Å². The predicted octanol–water partition coefficient (Wildman–Crippen LogP) is 3.41. The number of hydrogen-bond donors (Lipinski definition) is 2. The number of nitriles is 1. The Morgan fingerprint density at radius 3 is 2.67 bits per heavy atom. The second-order valence-corrected chi connectivity index (χ2v) is 5.37. The monoisotopic (exact) mass is 360 g/mol. The summed E-state index contributed by atoms with van der Waals surface area (Å²) in [5, 5.41) is 22.8. The minimum atomic E-state index is -0.418. The zero-order valence-electron chi connectivity index (χ0n) is 14.5. The topological polar surface area (TPSA) is 113 Å². The lowest BCUT2D eigenvalue weighted by atomic mass is 10.2. The summed E-state index contributed by atoms with van der Waals surface area (Å²) in [5.74, 6) is 0.273. The van der Waals surface area contributed by atoms with Crippen molar-refractivity contribution in [2.45, 2.75) is 6.92 Å². The summed E-state index contributed by atoms with van der Waals surface area (Å²) < 4.78 is 5.07. The van der Waals surface area contributed by atoms with Crippen molar-refractivity contribution in [1.82, 2.24) is 15.2 Å². The van der Waals surface area contributed by atoms with Gasteiger partial charge in [-0.15, -0.1) is 5.10 Å². The van der Waals surface area contributed by atoms with Crippen LogP contribution in [0.25, 0.3) is 0 Å². The highest BCUT2D eigenvalue weighted by Gasteiger charge is 2.12. The summed E-state index contributed by atoms with van der Waals surface area (Å²) in [6.45, 7) is 2.05. The van der Waals surface area contributed by atoms with Crippen LogP contribution in [0, 0.1) is 11.3 Å². The number of carbonyl (C=O) groups is 1. The second-order valence-electron chi connectivity index (χ2n) is 5.37. The summed E-state index contributed by atoms with van der Waals surface area (Å²) in [4.78, 5) is 16.4. The molecule has 2 aromatic carbocycles. The molecule has 3 rings (SSSR count). The molecule has 0 fully saturated rings. The fraction of sp³-hybridized carbons (Fsp3) is 0.105. The van der Waals surface area contributed by atoms with E-state index < -0.39 is 5.97 Å². The number of ether oxygens (including phenoxy) is 1. The van der Waals surface area contributed by atoms with Gasteiger partial charge in [0, 0.05) is 5.69 Å². The minimum Gasteiger partial charge on any atom is -0.462 e. The summed E-state index contributed by atoms with van der Waals surface area (Å²) in [6.07, 6.45) is 1.45. The van der Waals surface area contributed by atoms with Crippen LogP contribution in [0.3, 0.4) is 0 Å². The summed E-state index contributed by atoms with van der Waals surface area (Å²) in [6, 6.07) is 15.9. The van der Waals surface area contributed by atoms with Crippen LogP contribution >= 0.6 is 0 Å². The van der Waals surface area contributed by atoms with Crippen LogP contribution in [0.2, 0.25) is 0 Å². The van der Waals surface area contributed by atoms with Crippen molar-refractivity contribution in [3.8, 4) is 6.07 Å². The smallest absolute Gasteiger partial charge is 0.340 e. The van der Waals surface area contributed by atoms with Crippen molar-refractivity contribution in [2.75, 3.05) is 17.2 Å². The summed E-state index contributed by atoms with van der Waals surface area (Å²) in [7, 11) is 0. The van der Waals surface area contributed by atoms with Crippen molar-refractivity contribution >= 4 is 29.1 Å². The molecular weight excluding hydrogens is 344 g/mol. The first-order valence-corrected chi connectivity index (χ1v) is 8.19. The molecule has 0 spiro atoms. The second kappa shape index (κ2) is 8.40. The van der Waals surface area contributed by atoms with Crippen molar-refractivity contribution < 1.29 is 9.53 Å². The van der Waals surface area contributed by atoms with Gasteiger partial charge in [-0.2, -0.15) is 15.3 Å². The highest BCUT2D eigenvalue weighted by molar-refractivity contribution is 5.96. The molecule has 2 N–H and O–H groups in total. The van der Waals surface area contributed by atoms with E-state index in [9.17, 15) is 4.79 Å². The molecule has 1 heterocycles. The van der Waals surface area contributed by atoms with Gasteiger partial charge in [0.2, 0.25) is 5.95 Å². The number of nitrogens with one attached hydrogen (secondary N) is 2. The fourth-order valence-electron chi connectivity index (χ4n) is 2.29. The standard InChI is InChI=1S/C19H16N6O2/c1-2-27-18(26)15-5-3-4-6-16(15)23-17-12-21-25-19(24-17)22-14-9-7-13(11-20)8-10-14/h3-10,12H,2H2,1H3,(H2,22,23,24,25). The van der Waals surface area contributed by atoms with E-state index in [-0.39, 0.29) is 5.95 Å². The summed E-state index contributed by atoms with van der Waals surface area (Å²) in [5.41, 5.74) is 2.24. The van der Waals surface area contributed by atoms with Gasteiger partial charge in [-0.1, -0.05) is 12.1 Å². The normalized spacial score (nSPS) is 9.93. The van der Waals surface area contributed by atoms with E-state index in [2.05, 4.69) is 31.9 Å². The summed E-state index contributed by atoms with van der Waals surface area (Å²) >= 11 is 0. The lowest BCUT2D eigenvalue weighted by Crippen LogP contribution is -2.09. The Balaban J connectivity index is 1.78. The third kappa shape index (κ3) is 4.55. The van der Waals surface area contributed by atoms with Crippen molar-refractivity contribution in [3.05, 3.63) is 65.9 Å². The number of nitrogens with zero attached hydrogens (tertiary/aromatic N) is 4. The molecule has 3 aromatic rings. The van der Waals surface area contributed by atoms with Gasteiger partial charge in [0.15, 0.2) is 5.82 Å². The Morgan fingerprint density at radius 2 is 1.93 bits per heavy atom. The largest absolute Gasteiger partial charge is 0.462 e. The molecule has 0 atom stereocenters. The van der Waals surface area contributed by atoms with Gasteiger partial charge in [0.25, 0.3) is 0 Å². The number of anilines is 4. The number of esters is 1. The number of aromatic nitrogens is 3. The van der Waals surface area contributed by atoms with Gasteiger partial charge in [-0.05, 0) is 43.3 Å². The van der Waals surface area contributed by atoms with Gasteiger partial charge in [0.1, 0.15) is 0 Å². The zero-order chi connectivity index (χ0) is 19.1. The Kier molecular flexibility index (Phi) is 5.54. The van der Waals surface area contributed by atoms with Gasteiger partial charge in [-0.3, -0.25) is 0 Å². The maximum atomic E-state index is 12.1. The number of carbonyl (C=O) groups excluding carboxylic acids is 1. The lowest BCUT2D eigenvalue weighted by Gasteiger charge is -2.11. The SMILES string of the molecule is CCOC(=O)c1ccccc1Nc1cnnc(Nc2ccc(C#N)cc2)n1. The lowest BCUT2D eigenvalue weighted by molar-refractivity contribution is 0.0527. The Labute approximate surface area is 155 Å².